The number of ether oxygens (including phenoxy) is 1. The number of hydrogen-bond donors (Lipinski definition) is 1. The first-order valence-corrected chi connectivity index (χ1v) is 7.77. The normalized spacial score (nSPS) is 31.6. The molecule has 2 fully saturated rings. The Bertz CT molecular complexity index is 301. The Labute approximate surface area is 128 Å². The van der Waals surface area contributed by atoms with Gasteiger partial charge in [-0.15, -0.1) is 12.4 Å². The van der Waals surface area contributed by atoms with Crippen LogP contribution in [-0.4, -0.2) is 47.8 Å². The molecule has 0 amide bonds. The minimum absolute atomic E-state index is 0. The van der Waals surface area contributed by atoms with Gasteiger partial charge in [-0.05, 0) is 38.1 Å². The zero-order valence-corrected chi connectivity index (χ0v) is 13.2. The molecule has 2 rings (SSSR count). The molecular formula is C15H28ClNO3. The highest BCUT2D eigenvalue weighted by Gasteiger charge is 2.28. The van der Waals surface area contributed by atoms with E-state index in [0.29, 0.717) is 18.6 Å². The lowest BCUT2D eigenvalue weighted by atomic mass is 9.88. The summed E-state index contributed by atoms with van der Waals surface area (Å²) in [5.41, 5.74) is 0. The van der Waals surface area contributed by atoms with Crippen LogP contribution in [0.15, 0.2) is 0 Å². The molecule has 0 aromatic rings. The van der Waals surface area contributed by atoms with Crippen molar-refractivity contribution in [3.63, 3.8) is 0 Å². The average Bonchev–Trinajstić information content (AvgIpc) is 2.41. The topological polar surface area (TPSA) is 49.8 Å². The van der Waals surface area contributed by atoms with E-state index in [1.807, 2.05) is 0 Å². The minimum atomic E-state index is -0.675. The van der Waals surface area contributed by atoms with E-state index in [0.717, 1.165) is 32.4 Å². The van der Waals surface area contributed by atoms with Crippen molar-refractivity contribution in [2.75, 3.05) is 19.7 Å². The van der Waals surface area contributed by atoms with E-state index in [-0.39, 0.29) is 18.4 Å². The van der Waals surface area contributed by atoms with Crippen LogP contribution in [0.3, 0.4) is 0 Å². The van der Waals surface area contributed by atoms with E-state index < -0.39 is 5.97 Å². The molecule has 1 saturated carbocycles. The van der Waals surface area contributed by atoms with Gasteiger partial charge in [0.25, 0.3) is 0 Å². The molecule has 1 heterocycles. The standard InChI is InChI=1S/C15H27NO3.ClH/c1-12-6-2-3-8-14(12)19-11-10-16-9-5-4-7-13(16)15(17)18;/h12-14H,2-11H2,1H3,(H,17,18);1H. The molecule has 0 bridgehead atoms. The molecule has 3 atom stereocenters. The van der Waals surface area contributed by atoms with Gasteiger partial charge in [0.05, 0.1) is 12.7 Å². The maximum absolute atomic E-state index is 11.2. The SMILES string of the molecule is CC1CCCCC1OCCN1CCCCC1C(=O)O.Cl. The molecular weight excluding hydrogens is 278 g/mol. The Kier molecular flexibility index (Phi) is 7.85. The number of hydrogen-bond acceptors (Lipinski definition) is 3. The van der Waals surface area contributed by atoms with Crippen molar-refractivity contribution < 1.29 is 14.6 Å². The third kappa shape index (κ3) is 4.90. The van der Waals surface area contributed by atoms with Gasteiger partial charge >= 0.3 is 5.97 Å². The molecule has 2 aliphatic rings. The largest absolute Gasteiger partial charge is 0.480 e. The van der Waals surface area contributed by atoms with E-state index in [2.05, 4.69) is 11.8 Å². The molecule has 1 saturated heterocycles. The molecule has 0 spiro atoms. The summed E-state index contributed by atoms with van der Waals surface area (Å²) >= 11 is 0. The first-order valence-electron chi connectivity index (χ1n) is 7.77. The molecule has 3 unspecified atom stereocenters. The lowest BCUT2D eigenvalue weighted by Crippen LogP contribution is -2.46. The van der Waals surface area contributed by atoms with Gasteiger partial charge in [0.15, 0.2) is 0 Å². The van der Waals surface area contributed by atoms with Crippen LogP contribution in [0, 0.1) is 5.92 Å². The molecule has 0 radical (unpaired) electrons. The van der Waals surface area contributed by atoms with E-state index >= 15 is 0 Å². The summed E-state index contributed by atoms with van der Waals surface area (Å²) in [6.45, 7) is 4.62. The molecule has 0 aromatic carbocycles. The van der Waals surface area contributed by atoms with E-state index in [1.54, 1.807) is 0 Å². The van der Waals surface area contributed by atoms with Crippen molar-refractivity contribution in [2.45, 2.75) is 64.0 Å². The van der Waals surface area contributed by atoms with E-state index in [4.69, 9.17) is 4.74 Å². The second kappa shape index (κ2) is 8.85. The van der Waals surface area contributed by atoms with Gasteiger partial charge < -0.3 is 9.84 Å². The lowest BCUT2D eigenvalue weighted by Gasteiger charge is -2.34. The summed E-state index contributed by atoms with van der Waals surface area (Å²) in [6.07, 6.45) is 8.37. The van der Waals surface area contributed by atoms with Crippen molar-refractivity contribution in [3.8, 4) is 0 Å². The van der Waals surface area contributed by atoms with Gasteiger partial charge in [-0.2, -0.15) is 0 Å². The van der Waals surface area contributed by atoms with Crippen LogP contribution < -0.4 is 0 Å². The fraction of sp³-hybridized carbons (Fsp3) is 0.933. The second-order valence-corrected chi connectivity index (χ2v) is 6.06. The zero-order chi connectivity index (χ0) is 13.7. The number of carboxylic acid groups (broad SMARTS) is 1. The molecule has 4 nitrogen and oxygen atoms in total. The quantitative estimate of drug-likeness (QED) is 0.848. The van der Waals surface area contributed by atoms with Crippen LogP contribution >= 0.6 is 12.4 Å². The van der Waals surface area contributed by atoms with Crippen LogP contribution in [0.25, 0.3) is 0 Å². The Morgan fingerprint density at radius 3 is 2.60 bits per heavy atom. The summed E-state index contributed by atoms with van der Waals surface area (Å²) in [5.74, 6) is -0.0175. The fourth-order valence-corrected chi connectivity index (χ4v) is 3.39. The van der Waals surface area contributed by atoms with Crippen molar-refractivity contribution in [3.05, 3.63) is 0 Å². The Balaban J connectivity index is 0.00000200. The van der Waals surface area contributed by atoms with E-state index in [1.165, 1.54) is 25.7 Å². The first-order chi connectivity index (χ1) is 9.18. The van der Waals surface area contributed by atoms with Crippen molar-refractivity contribution in [1.29, 1.82) is 0 Å². The third-order valence-electron chi connectivity index (χ3n) is 4.64. The van der Waals surface area contributed by atoms with Crippen LogP contribution in [0.4, 0.5) is 0 Å². The molecule has 0 aromatic heterocycles. The molecule has 1 N–H and O–H groups in total. The second-order valence-electron chi connectivity index (χ2n) is 6.06. The highest BCUT2D eigenvalue weighted by atomic mass is 35.5. The summed E-state index contributed by atoms with van der Waals surface area (Å²) in [6, 6.07) is -0.291. The van der Waals surface area contributed by atoms with Crippen LogP contribution in [0.1, 0.15) is 51.9 Å². The first kappa shape index (κ1) is 17.7. The van der Waals surface area contributed by atoms with Gasteiger partial charge in [0, 0.05) is 6.54 Å². The van der Waals surface area contributed by atoms with Gasteiger partial charge in [0.2, 0.25) is 0 Å². The molecule has 1 aliphatic carbocycles. The molecule has 5 heteroatoms. The molecule has 118 valence electrons. The van der Waals surface area contributed by atoms with Gasteiger partial charge in [-0.1, -0.05) is 26.2 Å². The number of nitrogens with zero attached hydrogens (tertiary/aromatic N) is 1. The molecule has 1 aliphatic heterocycles. The van der Waals surface area contributed by atoms with Crippen LogP contribution in [-0.2, 0) is 9.53 Å². The lowest BCUT2D eigenvalue weighted by molar-refractivity contribution is -0.145. The number of rotatable bonds is 5. The predicted molar refractivity (Wildman–Crippen MR) is 81.5 cm³/mol. The maximum Gasteiger partial charge on any atom is 0.320 e. The number of likely N-dealkylation sites (tertiary alicyclic amines) is 1. The number of piperidine rings is 1. The smallest absolute Gasteiger partial charge is 0.320 e. The zero-order valence-electron chi connectivity index (χ0n) is 12.4. The monoisotopic (exact) mass is 305 g/mol. The summed E-state index contributed by atoms with van der Waals surface area (Å²) in [4.78, 5) is 13.3. The van der Waals surface area contributed by atoms with Crippen molar-refractivity contribution >= 4 is 18.4 Å². The van der Waals surface area contributed by atoms with Crippen molar-refractivity contribution in [1.82, 2.24) is 4.90 Å². The van der Waals surface area contributed by atoms with Crippen molar-refractivity contribution in [2.24, 2.45) is 5.92 Å². The highest BCUT2D eigenvalue weighted by molar-refractivity contribution is 5.85. The summed E-state index contributed by atoms with van der Waals surface area (Å²) < 4.78 is 5.99. The van der Waals surface area contributed by atoms with Crippen LogP contribution in [0.2, 0.25) is 0 Å². The van der Waals surface area contributed by atoms with Gasteiger partial charge in [-0.25, -0.2) is 0 Å². The highest BCUT2D eigenvalue weighted by Crippen LogP contribution is 2.26. The summed E-state index contributed by atoms with van der Waals surface area (Å²) in [5, 5.41) is 9.22. The van der Waals surface area contributed by atoms with Gasteiger partial charge in [-0.3, -0.25) is 9.69 Å². The fourth-order valence-electron chi connectivity index (χ4n) is 3.39. The average molecular weight is 306 g/mol. The summed E-state index contributed by atoms with van der Waals surface area (Å²) in [7, 11) is 0. The predicted octanol–water partition coefficient (Wildman–Crippen LogP) is 2.94. The third-order valence-corrected chi connectivity index (χ3v) is 4.64. The minimum Gasteiger partial charge on any atom is -0.480 e. The number of carboxylic acids is 1. The Morgan fingerprint density at radius 2 is 1.90 bits per heavy atom. The van der Waals surface area contributed by atoms with Gasteiger partial charge in [0.1, 0.15) is 6.04 Å². The number of carbonyl (C=O) groups is 1. The molecule has 20 heavy (non-hydrogen) atoms. The van der Waals surface area contributed by atoms with Crippen LogP contribution in [0.5, 0.6) is 0 Å². The number of halogens is 1. The Morgan fingerprint density at radius 1 is 1.20 bits per heavy atom. The Hall–Kier alpha value is -0.320. The van der Waals surface area contributed by atoms with E-state index in [9.17, 15) is 9.90 Å². The number of aliphatic carboxylic acids is 1. The maximum atomic E-state index is 11.2.